The summed E-state index contributed by atoms with van der Waals surface area (Å²) in [6.07, 6.45) is 3.96. The van der Waals surface area contributed by atoms with E-state index in [0.29, 0.717) is 24.5 Å². The normalized spacial score (nSPS) is 28.9. The first-order valence-corrected chi connectivity index (χ1v) is 8.83. The third-order valence-electron chi connectivity index (χ3n) is 5.74. The highest BCUT2D eigenvalue weighted by molar-refractivity contribution is 5.69. The largest absolute Gasteiger partial charge is 0.497 e. The summed E-state index contributed by atoms with van der Waals surface area (Å²) in [4.78, 5) is 14.1. The highest BCUT2D eigenvalue weighted by atomic mass is 16.5. The first-order valence-electron chi connectivity index (χ1n) is 8.83. The molecule has 1 aliphatic heterocycles. The number of aliphatic hydroxyl groups is 1. The Hall–Kier alpha value is -1.95. The molecule has 0 aromatic heterocycles. The van der Waals surface area contributed by atoms with Crippen molar-refractivity contribution in [1.82, 2.24) is 4.90 Å². The minimum absolute atomic E-state index is 0.0311. The van der Waals surface area contributed by atoms with Gasteiger partial charge in [0.2, 0.25) is 0 Å². The molecular formula is C19H27NO5. The van der Waals surface area contributed by atoms with Gasteiger partial charge < -0.3 is 24.2 Å². The van der Waals surface area contributed by atoms with Crippen molar-refractivity contribution in [1.29, 1.82) is 0 Å². The smallest absolute Gasteiger partial charge is 0.410 e. The van der Waals surface area contributed by atoms with E-state index in [1.165, 1.54) is 7.11 Å². The number of nitrogens with zero attached hydrogens (tertiary/aromatic N) is 1. The lowest BCUT2D eigenvalue weighted by Gasteiger charge is -2.52. The zero-order chi connectivity index (χ0) is 18.0. The van der Waals surface area contributed by atoms with E-state index in [2.05, 4.69) is 0 Å². The Bertz CT molecular complexity index is 634. The summed E-state index contributed by atoms with van der Waals surface area (Å²) >= 11 is 0. The molecule has 1 heterocycles. The van der Waals surface area contributed by atoms with Crippen LogP contribution >= 0.6 is 0 Å². The van der Waals surface area contributed by atoms with E-state index in [4.69, 9.17) is 14.2 Å². The Balaban J connectivity index is 2.07. The van der Waals surface area contributed by atoms with Crippen molar-refractivity contribution >= 4 is 6.09 Å². The van der Waals surface area contributed by atoms with Crippen LogP contribution in [0.15, 0.2) is 18.2 Å². The summed E-state index contributed by atoms with van der Waals surface area (Å²) in [5.74, 6) is 1.32. The van der Waals surface area contributed by atoms with Crippen LogP contribution in [-0.2, 0) is 4.74 Å². The van der Waals surface area contributed by atoms with Crippen molar-refractivity contribution in [2.75, 3.05) is 27.9 Å². The maximum atomic E-state index is 12.4. The van der Waals surface area contributed by atoms with Gasteiger partial charge >= 0.3 is 6.09 Å². The molecule has 6 nitrogen and oxygen atoms in total. The molecule has 3 rings (SSSR count). The van der Waals surface area contributed by atoms with Gasteiger partial charge in [0.05, 0.1) is 33.0 Å². The van der Waals surface area contributed by atoms with Crippen LogP contribution in [0, 0.1) is 5.92 Å². The molecule has 0 spiro atoms. The van der Waals surface area contributed by atoms with E-state index in [9.17, 15) is 9.90 Å². The molecule has 138 valence electrons. The van der Waals surface area contributed by atoms with Gasteiger partial charge in [-0.15, -0.1) is 0 Å². The topological polar surface area (TPSA) is 68.2 Å². The second-order valence-electron chi connectivity index (χ2n) is 6.92. The molecule has 0 bridgehead atoms. The highest BCUT2D eigenvalue weighted by Crippen LogP contribution is 2.51. The van der Waals surface area contributed by atoms with Crippen molar-refractivity contribution in [3.8, 4) is 11.5 Å². The Morgan fingerprint density at radius 3 is 2.68 bits per heavy atom. The zero-order valence-electron chi connectivity index (χ0n) is 15.2. The summed E-state index contributed by atoms with van der Waals surface area (Å²) in [5, 5.41) is 11.2. The van der Waals surface area contributed by atoms with Gasteiger partial charge in [0, 0.05) is 24.1 Å². The molecule has 1 amide bonds. The fraction of sp³-hybridized carbons (Fsp3) is 0.632. The van der Waals surface area contributed by atoms with E-state index in [1.54, 1.807) is 19.1 Å². The number of fused-ring (bicyclic) bond motifs is 1. The molecule has 3 atom stereocenters. The van der Waals surface area contributed by atoms with E-state index < -0.39 is 5.60 Å². The number of carbonyl (C=O) groups excluding carboxylic acids is 1. The Morgan fingerprint density at radius 1 is 1.20 bits per heavy atom. The quantitative estimate of drug-likeness (QED) is 0.908. The minimum Gasteiger partial charge on any atom is -0.497 e. The molecule has 1 N–H and O–H groups in total. The molecule has 2 aliphatic rings. The third-order valence-corrected chi connectivity index (χ3v) is 5.74. The van der Waals surface area contributed by atoms with E-state index in [0.717, 1.165) is 31.2 Å². The number of ether oxygens (including phenoxy) is 3. The van der Waals surface area contributed by atoms with Crippen LogP contribution in [0.4, 0.5) is 4.79 Å². The SMILES string of the molecule is COC(=O)N1CC[C@@]2(O)CCCC[C@@H]2[C@H]1c1ccc(OC)cc1OC. The molecule has 1 aromatic carbocycles. The van der Waals surface area contributed by atoms with Crippen LogP contribution in [0.5, 0.6) is 11.5 Å². The van der Waals surface area contributed by atoms with Crippen molar-refractivity contribution in [3.05, 3.63) is 23.8 Å². The highest BCUT2D eigenvalue weighted by Gasteiger charge is 2.51. The molecule has 1 aliphatic carbocycles. The van der Waals surface area contributed by atoms with Gasteiger partial charge in [-0.2, -0.15) is 0 Å². The lowest BCUT2D eigenvalue weighted by Crippen LogP contribution is -2.56. The first-order chi connectivity index (χ1) is 12.0. The summed E-state index contributed by atoms with van der Waals surface area (Å²) in [6, 6.07) is 5.34. The van der Waals surface area contributed by atoms with Crippen LogP contribution in [0.3, 0.4) is 0 Å². The van der Waals surface area contributed by atoms with Crippen molar-refractivity contribution in [3.63, 3.8) is 0 Å². The van der Waals surface area contributed by atoms with Gasteiger partial charge in [-0.1, -0.05) is 12.8 Å². The number of piperidine rings is 1. The Labute approximate surface area is 148 Å². The average Bonchev–Trinajstić information content (AvgIpc) is 2.65. The van der Waals surface area contributed by atoms with Gasteiger partial charge in [0.15, 0.2) is 0 Å². The number of amides is 1. The van der Waals surface area contributed by atoms with Crippen LogP contribution in [0.1, 0.15) is 43.7 Å². The summed E-state index contributed by atoms with van der Waals surface area (Å²) < 4.78 is 15.9. The standard InChI is InChI=1S/C19H27NO5/c1-23-13-7-8-14(16(12-13)24-2)17-15-6-4-5-9-19(15,22)10-11-20(17)18(21)25-3/h7-8,12,15,17,22H,4-6,9-11H2,1-3H3/t15-,17-,19+/m1/s1. The zero-order valence-corrected chi connectivity index (χ0v) is 15.2. The van der Waals surface area contributed by atoms with Crippen LogP contribution in [0.2, 0.25) is 0 Å². The molecule has 1 saturated carbocycles. The van der Waals surface area contributed by atoms with Crippen LogP contribution in [-0.4, -0.2) is 49.6 Å². The van der Waals surface area contributed by atoms with Crippen molar-refractivity contribution in [2.24, 2.45) is 5.92 Å². The van der Waals surface area contributed by atoms with E-state index >= 15 is 0 Å². The maximum absolute atomic E-state index is 12.4. The first kappa shape index (κ1) is 17.9. The van der Waals surface area contributed by atoms with Crippen LogP contribution < -0.4 is 9.47 Å². The summed E-state index contributed by atoms with van der Waals surface area (Å²) in [6.45, 7) is 0.472. The maximum Gasteiger partial charge on any atom is 0.410 e. The van der Waals surface area contributed by atoms with Gasteiger partial charge in [-0.3, -0.25) is 0 Å². The number of carbonyl (C=O) groups is 1. The fourth-order valence-electron chi connectivity index (χ4n) is 4.45. The molecule has 25 heavy (non-hydrogen) atoms. The van der Waals surface area contributed by atoms with E-state index in [1.807, 2.05) is 18.2 Å². The molecule has 6 heteroatoms. The third kappa shape index (κ3) is 3.15. The molecule has 2 fully saturated rings. The van der Waals surface area contributed by atoms with Gasteiger partial charge in [-0.25, -0.2) is 4.79 Å². The molecule has 1 saturated heterocycles. The number of likely N-dealkylation sites (tertiary alicyclic amines) is 1. The van der Waals surface area contributed by atoms with Gasteiger partial charge in [-0.05, 0) is 31.4 Å². The second-order valence-corrected chi connectivity index (χ2v) is 6.92. The number of benzene rings is 1. The minimum atomic E-state index is -0.738. The predicted molar refractivity (Wildman–Crippen MR) is 92.9 cm³/mol. The van der Waals surface area contributed by atoms with Crippen molar-refractivity contribution < 1.29 is 24.1 Å². The summed E-state index contributed by atoms with van der Waals surface area (Å²) in [5.41, 5.74) is 0.150. The predicted octanol–water partition coefficient (Wildman–Crippen LogP) is 3.14. The van der Waals surface area contributed by atoms with Crippen molar-refractivity contribution in [2.45, 2.75) is 43.7 Å². The fourth-order valence-corrected chi connectivity index (χ4v) is 4.45. The lowest BCUT2D eigenvalue weighted by molar-refractivity contribution is -0.118. The second kappa shape index (κ2) is 7.12. The average molecular weight is 349 g/mol. The van der Waals surface area contributed by atoms with E-state index in [-0.39, 0.29) is 18.1 Å². The summed E-state index contributed by atoms with van der Waals surface area (Å²) in [7, 11) is 4.61. The van der Waals surface area contributed by atoms with Crippen LogP contribution in [0.25, 0.3) is 0 Å². The Morgan fingerprint density at radius 2 is 2.00 bits per heavy atom. The van der Waals surface area contributed by atoms with Gasteiger partial charge in [0.25, 0.3) is 0 Å². The van der Waals surface area contributed by atoms with Gasteiger partial charge in [0.1, 0.15) is 11.5 Å². The molecule has 1 aromatic rings. The molecular weight excluding hydrogens is 322 g/mol. The number of rotatable bonds is 3. The number of hydrogen-bond acceptors (Lipinski definition) is 5. The lowest BCUT2D eigenvalue weighted by atomic mass is 9.66. The number of methoxy groups -OCH3 is 3. The monoisotopic (exact) mass is 349 g/mol. The number of hydrogen-bond donors (Lipinski definition) is 1. The molecule has 0 radical (unpaired) electrons. The Kier molecular flexibility index (Phi) is 5.08. The molecule has 0 unspecified atom stereocenters.